The van der Waals surface area contributed by atoms with Crippen molar-refractivity contribution in [2.24, 2.45) is 0 Å². The molecule has 1 aromatic carbocycles. The van der Waals surface area contributed by atoms with E-state index in [1.54, 1.807) is 0 Å². The summed E-state index contributed by atoms with van der Waals surface area (Å²) < 4.78 is 0. The molecule has 0 spiro atoms. The van der Waals surface area contributed by atoms with Gasteiger partial charge < -0.3 is 4.90 Å². The van der Waals surface area contributed by atoms with Crippen LogP contribution in [0.1, 0.15) is 29.3 Å². The molecule has 0 amide bonds. The number of benzene rings is 1. The quantitative estimate of drug-likeness (QED) is 0.862. The Hall–Kier alpha value is -2.89. The summed E-state index contributed by atoms with van der Waals surface area (Å²) in [7, 11) is 0. The topological polar surface area (TPSA) is 67.0 Å². The van der Waals surface area contributed by atoms with Gasteiger partial charge in [0, 0.05) is 38.9 Å². The minimum absolute atomic E-state index is 0.682. The number of hydrogen-bond donors (Lipinski definition) is 0. The summed E-state index contributed by atoms with van der Waals surface area (Å²) in [6.07, 6.45) is 2.66. The maximum absolute atomic E-state index is 9.27. The molecule has 1 saturated heterocycles. The molecular formula is C20H21N5. The van der Waals surface area contributed by atoms with Gasteiger partial charge in [-0.15, -0.1) is 0 Å². The van der Waals surface area contributed by atoms with Gasteiger partial charge in [-0.1, -0.05) is 19.1 Å². The van der Waals surface area contributed by atoms with E-state index in [4.69, 9.17) is 0 Å². The second-order valence-corrected chi connectivity index (χ2v) is 6.20. The Kier molecular flexibility index (Phi) is 5.28. The van der Waals surface area contributed by atoms with Crippen LogP contribution in [0, 0.1) is 22.7 Å². The normalized spacial score (nSPS) is 14.8. The number of aryl methyl sites for hydroxylation is 1. The summed E-state index contributed by atoms with van der Waals surface area (Å²) in [6.45, 7) is 6.46. The zero-order valence-corrected chi connectivity index (χ0v) is 14.4. The van der Waals surface area contributed by atoms with E-state index in [1.807, 2.05) is 43.5 Å². The summed E-state index contributed by atoms with van der Waals surface area (Å²) in [4.78, 5) is 9.07. The van der Waals surface area contributed by atoms with Crippen LogP contribution in [-0.4, -0.2) is 36.1 Å². The highest BCUT2D eigenvalue weighted by molar-refractivity contribution is 5.59. The summed E-state index contributed by atoms with van der Waals surface area (Å²) in [5, 5.41) is 18.5. The van der Waals surface area contributed by atoms with Crippen LogP contribution in [0.2, 0.25) is 0 Å². The lowest BCUT2D eigenvalue weighted by atomic mass is 10.1. The van der Waals surface area contributed by atoms with Crippen molar-refractivity contribution in [3.8, 4) is 12.1 Å². The molecule has 2 aromatic rings. The highest BCUT2D eigenvalue weighted by Gasteiger charge is 2.19. The molecular weight excluding hydrogens is 310 g/mol. The Balaban J connectivity index is 1.64. The van der Waals surface area contributed by atoms with Crippen LogP contribution in [-0.2, 0) is 13.0 Å². The third-order valence-corrected chi connectivity index (χ3v) is 4.63. The van der Waals surface area contributed by atoms with Crippen LogP contribution in [0.5, 0.6) is 0 Å². The van der Waals surface area contributed by atoms with Gasteiger partial charge in [0.25, 0.3) is 0 Å². The largest absolute Gasteiger partial charge is 0.368 e. The first kappa shape index (κ1) is 17.0. The monoisotopic (exact) mass is 331 g/mol. The standard InChI is InChI=1S/C20H21N5/c1-2-19-18(13-22)11-16(14-23-19)15-24-7-9-25(10-8-24)20-6-4-3-5-17(20)12-21/h3-6,11,14H,2,7-10,15H2,1H3. The molecule has 1 aliphatic heterocycles. The molecule has 3 rings (SSSR count). The van der Waals surface area contributed by atoms with Crippen molar-refractivity contribution >= 4 is 5.69 Å². The van der Waals surface area contributed by atoms with E-state index in [-0.39, 0.29) is 0 Å². The van der Waals surface area contributed by atoms with Crippen LogP contribution >= 0.6 is 0 Å². The summed E-state index contributed by atoms with van der Waals surface area (Å²) >= 11 is 0. The highest BCUT2D eigenvalue weighted by atomic mass is 15.3. The summed E-state index contributed by atoms with van der Waals surface area (Å²) in [5.74, 6) is 0. The molecule has 5 heteroatoms. The summed E-state index contributed by atoms with van der Waals surface area (Å²) in [6, 6.07) is 14.2. The van der Waals surface area contributed by atoms with Crippen LogP contribution in [0.4, 0.5) is 5.69 Å². The van der Waals surface area contributed by atoms with E-state index in [2.05, 4.69) is 26.9 Å². The fourth-order valence-corrected chi connectivity index (χ4v) is 3.25. The van der Waals surface area contributed by atoms with Gasteiger partial charge in [-0.3, -0.25) is 9.88 Å². The van der Waals surface area contributed by atoms with Crippen molar-refractivity contribution in [3.05, 3.63) is 58.9 Å². The van der Waals surface area contributed by atoms with Crippen molar-refractivity contribution in [3.63, 3.8) is 0 Å². The second kappa shape index (κ2) is 7.79. The SMILES string of the molecule is CCc1ncc(CN2CCN(c3ccccc3C#N)CC2)cc1C#N. The Bertz CT molecular complexity index is 823. The zero-order chi connectivity index (χ0) is 17.6. The van der Waals surface area contributed by atoms with Crippen LogP contribution in [0.15, 0.2) is 36.5 Å². The molecule has 0 saturated carbocycles. The van der Waals surface area contributed by atoms with Crippen molar-refractivity contribution in [2.75, 3.05) is 31.1 Å². The molecule has 0 unspecified atom stereocenters. The lowest BCUT2D eigenvalue weighted by Crippen LogP contribution is -2.46. The molecule has 0 aliphatic carbocycles. The van der Waals surface area contributed by atoms with E-state index >= 15 is 0 Å². The van der Waals surface area contributed by atoms with Gasteiger partial charge in [0.05, 0.1) is 22.5 Å². The molecule has 0 atom stereocenters. The van der Waals surface area contributed by atoms with E-state index < -0.39 is 0 Å². The molecule has 2 heterocycles. The zero-order valence-electron chi connectivity index (χ0n) is 14.4. The molecule has 25 heavy (non-hydrogen) atoms. The van der Waals surface area contributed by atoms with Gasteiger partial charge in [0.1, 0.15) is 12.1 Å². The molecule has 0 radical (unpaired) electrons. The van der Waals surface area contributed by atoms with Gasteiger partial charge in [-0.05, 0) is 30.2 Å². The Morgan fingerprint density at radius 1 is 1.04 bits per heavy atom. The van der Waals surface area contributed by atoms with Gasteiger partial charge >= 0.3 is 0 Å². The minimum atomic E-state index is 0.682. The average Bonchev–Trinajstić information content (AvgIpc) is 2.68. The molecule has 126 valence electrons. The lowest BCUT2D eigenvalue weighted by Gasteiger charge is -2.36. The third-order valence-electron chi connectivity index (χ3n) is 4.63. The first-order valence-electron chi connectivity index (χ1n) is 8.59. The fraction of sp³-hybridized carbons (Fsp3) is 0.350. The van der Waals surface area contributed by atoms with Crippen LogP contribution < -0.4 is 4.90 Å². The first-order chi connectivity index (χ1) is 12.2. The van der Waals surface area contributed by atoms with Crippen molar-refractivity contribution in [2.45, 2.75) is 19.9 Å². The number of nitrogens with zero attached hydrogens (tertiary/aromatic N) is 5. The van der Waals surface area contributed by atoms with E-state index in [9.17, 15) is 10.5 Å². The summed E-state index contributed by atoms with van der Waals surface area (Å²) in [5.41, 5.74) is 4.38. The number of aromatic nitrogens is 1. The number of rotatable bonds is 4. The van der Waals surface area contributed by atoms with Gasteiger partial charge in [0.15, 0.2) is 0 Å². The number of para-hydroxylation sites is 1. The number of hydrogen-bond acceptors (Lipinski definition) is 5. The van der Waals surface area contributed by atoms with E-state index in [0.29, 0.717) is 5.56 Å². The Morgan fingerprint density at radius 3 is 2.44 bits per heavy atom. The maximum atomic E-state index is 9.27. The Morgan fingerprint density at radius 2 is 1.76 bits per heavy atom. The second-order valence-electron chi connectivity index (χ2n) is 6.20. The fourth-order valence-electron chi connectivity index (χ4n) is 3.25. The first-order valence-corrected chi connectivity index (χ1v) is 8.59. The smallest absolute Gasteiger partial charge is 0.101 e. The van der Waals surface area contributed by atoms with Crippen molar-refractivity contribution in [1.82, 2.24) is 9.88 Å². The molecule has 0 N–H and O–H groups in total. The van der Waals surface area contributed by atoms with Gasteiger partial charge in [-0.25, -0.2) is 0 Å². The number of pyridine rings is 1. The predicted molar refractivity (Wildman–Crippen MR) is 97.0 cm³/mol. The third kappa shape index (κ3) is 3.79. The molecule has 1 fully saturated rings. The van der Waals surface area contributed by atoms with Crippen LogP contribution in [0.25, 0.3) is 0 Å². The van der Waals surface area contributed by atoms with Crippen molar-refractivity contribution in [1.29, 1.82) is 10.5 Å². The highest BCUT2D eigenvalue weighted by Crippen LogP contribution is 2.21. The molecule has 0 bridgehead atoms. The van der Waals surface area contributed by atoms with Gasteiger partial charge in [-0.2, -0.15) is 10.5 Å². The van der Waals surface area contributed by atoms with E-state index in [0.717, 1.165) is 61.7 Å². The lowest BCUT2D eigenvalue weighted by molar-refractivity contribution is 0.249. The van der Waals surface area contributed by atoms with E-state index in [1.165, 1.54) is 0 Å². The van der Waals surface area contributed by atoms with Crippen LogP contribution in [0.3, 0.4) is 0 Å². The molecule has 1 aliphatic rings. The van der Waals surface area contributed by atoms with Gasteiger partial charge in [0.2, 0.25) is 0 Å². The average molecular weight is 331 g/mol. The number of nitriles is 2. The predicted octanol–water partition coefficient (Wildman–Crippen LogP) is 2.71. The molecule has 1 aromatic heterocycles. The molecule has 5 nitrogen and oxygen atoms in total. The number of piperazine rings is 1. The Labute approximate surface area is 148 Å². The van der Waals surface area contributed by atoms with Crippen molar-refractivity contribution < 1.29 is 0 Å². The minimum Gasteiger partial charge on any atom is -0.368 e. The number of anilines is 1. The maximum Gasteiger partial charge on any atom is 0.101 e.